The Bertz CT molecular complexity index is 656. The van der Waals surface area contributed by atoms with E-state index in [2.05, 4.69) is 5.32 Å². The van der Waals surface area contributed by atoms with E-state index in [9.17, 15) is 13.2 Å². The van der Waals surface area contributed by atoms with Crippen LogP contribution in [-0.2, 0) is 6.54 Å². The average Bonchev–Trinajstić information content (AvgIpc) is 3.24. The Morgan fingerprint density at radius 1 is 0.952 bits per heavy atom. The van der Waals surface area contributed by atoms with E-state index in [0.717, 1.165) is 30.5 Å². The standard InChI is InChI=1S/C16H14F3NO/c17-11-5-10(9-20-12-1-2-12)6-14(7-11)21-13-3-4-15(18)16(19)8-13/h3-8,12,20H,1-2,9H2. The molecule has 0 unspecified atom stereocenters. The minimum atomic E-state index is -1.00. The van der Waals surface area contributed by atoms with Gasteiger partial charge in [-0.05, 0) is 42.7 Å². The zero-order valence-corrected chi connectivity index (χ0v) is 11.2. The van der Waals surface area contributed by atoms with Gasteiger partial charge in [0.2, 0.25) is 0 Å². The van der Waals surface area contributed by atoms with Crippen molar-refractivity contribution in [1.82, 2.24) is 5.32 Å². The lowest BCUT2D eigenvalue weighted by molar-refractivity contribution is 0.457. The lowest BCUT2D eigenvalue weighted by atomic mass is 10.2. The Hall–Kier alpha value is -2.01. The number of benzene rings is 2. The van der Waals surface area contributed by atoms with Crippen molar-refractivity contribution >= 4 is 0 Å². The van der Waals surface area contributed by atoms with Crippen molar-refractivity contribution in [2.45, 2.75) is 25.4 Å². The third kappa shape index (κ3) is 3.76. The lowest BCUT2D eigenvalue weighted by Gasteiger charge is -2.09. The minimum absolute atomic E-state index is 0.126. The molecule has 5 heteroatoms. The molecule has 0 heterocycles. The highest BCUT2D eigenvalue weighted by Crippen LogP contribution is 2.26. The molecule has 0 saturated heterocycles. The molecule has 110 valence electrons. The van der Waals surface area contributed by atoms with Crippen LogP contribution >= 0.6 is 0 Å². The van der Waals surface area contributed by atoms with Crippen LogP contribution in [-0.4, -0.2) is 6.04 Å². The van der Waals surface area contributed by atoms with Gasteiger partial charge < -0.3 is 10.1 Å². The molecule has 3 rings (SSSR count). The Morgan fingerprint density at radius 3 is 2.48 bits per heavy atom. The maximum atomic E-state index is 13.6. The van der Waals surface area contributed by atoms with E-state index >= 15 is 0 Å². The molecule has 0 aliphatic heterocycles. The van der Waals surface area contributed by atoms with Crippen LogP contribution in [0.1, 0.15) is 18.4 Å². The highest BCUT2D eigenvalue weighted by Gasteiger charge is 2.20. The highest BCUT2D eigenvalue weighted by atomic mass is 19.2. The quantitative estimate of drug-likeness (QED) is 0.894. The van der Waals surface area contributed by atoms with Gasteiger partial charge in [-0.3, -0.25) is 0 Å². The molecule has 0 bridgehead atoms. The molecule has 2 aromatic rings. The van der Waals surface area contributed by atoms with Gasteiger partial charge in [-0.15, -0.1) is 0 Å². The fourth-order valence-electron chi connectivity index (χ4n) is 2.01. The van der Waals surface area contributed by atoms with Gasteiger partial charge in [0.05, 0.1) is 0 Å². The summed E-state index contributed by atoms with van der Waals surface area (Å²) in [5.41, 5.74) is 0.750. The van der Waals surface area contributed by atoms with Crippen LogP contribution in [0.15, 0.2) is 36.4 Å². The number of rotatable bonds is 5. The number of halogens is 3. The van der Waals surface area contributed by atoms with Crippen molar-refractivity contribution < 1.29 is 17.9 Å². The van der Waals surface area contributed by atoms with Gasteiger partial charge in [0.1, 0.15) is 17.3 Å². The molecule has 1 fully saturated rings. The van der Waals surface area contributed by atoms with E-state index in [1.807, 2.05) is 0 Å². The van der Waals surface area contributed by atoms with Crippen molar-refractivity contribution in [2.24, 2.45) is 0 Å². The topological polar surface area (TPSA) is 21.3 Å². The Balaban J connectivity index is 1.75. The number of hydrogen-bond donors (Lipinski definition) is 1. The van der Waals surface area contributed by atoms with Crippen molar-refractivity contribution in [2.75, 3.05) is 0 Å². The summed E-state index contributed by atoms with van der Waals surface area (Å²) in [4.78, 5) is 0. The van der Waals surface area contributed by atoms with Crippen molar-refractivity contribution in [1.29, 1.82) is 0 Å². The molecule has 0 atom stereocenters. The third-order valence-electron chi connectivity index (χ3n) is 3.23. The molecule has 1 N–H and O–H groups in total. The predicted octanol–water partition coefficient (Wildman–Crippen LogP) is 4.15. The van der Waals surface area contributed by atoms with E-state index in [0.29, 0.717) is 12.6 Å². The zero-order chi connectivity index (χ0) is 14.8. The van der Waals surface area contributed by atoms with Crippen LogP contribution in [0.5, 0.6) is 11.5 Å². The van der Waals surface area contributed by atoms with Crippen LogP contribution in [0, 0.1) is 17.5 Å². The number of hydrogen-bond acceptors (Lipinski definition) is 2. The third-order valence-corrected chi connectivity index (χ3v) is 3.23. The monoisotopic (exact) mass is 293 g/mol. The zero-order valence-electron chi connectivity index (χ0n) is 11.2. The summed E-state index contributed by atoms with van der Waals surface area (Å²) in [6.07, 6.45) is 2.29. The Kier molecular flexibility index (Phi) is 3.84. The SMILES string of the molecule is Fc1cc(CNC2CC2)cc(Oc2ccc(F)c(F)c2)c1. The molecular formula is C16H14F3NO. The number of nitrogens with one attached hydrogen (secondary N) is 1. The van der Waals surface area contributed by atoms with Crippen molar-refractivity contribution in [3.63, 3.8) is 0 Å². The lowest BCUT2D eigenvalue weighted by Crippen LogP contribution is -2.15. The number of ether oxygens (including phenoxy) is 1. The average molecular weight is 293 g/mol. The summed E-state index contributed by atoms with van der Waals surface area (Å²) in [7, 11) is 0. The second-order valence-corrected chi connectivity index (χ2v) is 5.13. The second-order valence-electron chi connectivity index (χ2n) is 5.13. The maximum absolute atomic E-state index is 13.6. The van der Waals surface area contributed by atoms with Gasteiger partial charge in [0, 0.05) is 24.7 Å². The molecule has 0 radical (unpaired) electrons. The van der Waals surface area contributed by atoms with Crippen LogP contribution < -0.4 is 10.1 Å². The Morgan fingerprint density at radius 2 is 1.76 bits per heavy atom. The molecule has 0 spiro atoms. The van der Waals surface area contributed by atoms with Gasteiger partial charge in [0.15, 0.2) is 11.6 Å². The molecule has 0 amide bonds. The molecule has 21 heavy (non-hydrogen) atoms. The first-order valence-corrected chi connectivity index (χ1v) is 6.76. The first-order valence-electron chi connectivity index (χ1n) is 6.76. The highest BCUT2D eigenvalue weighted by molar-refractivity contribution is 5.35. The van der Waals surface area contributed by atoms with Gasteiger partial charge in [-0.2, -0.15) is 0 Å². The van der Waals surface area contributed by atoms with Gasteiger partial charge in [-0.25, -0.2) is 13.2 Å². The molecule has 2 aromatic carbocycles. The van der Waals surface area contributed by atoms with E-state index in [4.69, 9.17) is 4.74 Å². The smallest absolute Gasteiger partial charge is 0.162 e. The van der Waals surface area contributed by atoms with Gasteiger partial charge in [0.25, 0.3) is 0 Å². The van der Waals surface area contributed by atoms with Crippen molar-refractivity contribution in [3.05, 3.63) is 59.4 Å². The minimum Gasteiger partial charge on any atom is -0.457 e. The summed E-state index contributed by atoms with van der Waals surface area (Å²) in [6.45, 7) is 0.552. The van der Waals surface area contributed by atoms with Gasteiger partial charge >= 0.3 is 0 Å². The largest absolute Gasteiger partial charge is 0.457 e. The van der Waals surface area contributed by atoms with E-state index < -0.39 is 17.5 Å². The van der Waals surface area contributed by atoms with Gasteiger partial charge in [-0.1, -0.05) is 0 Å². The summed E-state index contributed by atoms with van der Waals surface area (Å²) < 4.78 is 44.9. The summed E-state index contributed by atoms with van der Waals surface area (Å²) in [5.74, 6) is -1.99. The molecule has 1 aliphatic rings. The Labute approximate surface area is 120 Å². The molecule has 1 saturated carbocycles. The first-order chi connectivity index (χ1) is 10.1. The van der Waals surface area contributed by atoms with Crippen LogP contribution in [0.2, 0.25) is 0 Å². The van der Waals surface area contributed by atoms with Crippen molar-refractivity contribution in [3.8, 4) is 11.5 Å². The fourth-order valence-corrected chi connectivity index (χ4v) is 2.01. The molecule has 2 nitrogen and oxygen atoms in total. The molecule has 1 aliphatic carbocycles. The van der Waals surface area contributed by atoms with Crippen LogP contribution in [0.3, 0.4) is 0 Å². The van der Waals surface area contributed by atoms with E-state index in [-0.39, 0.29) is 11.5 Å². The summed E-state index contributed by atoms with van der Waals surface area (Å²) >= 11 is 0. The van der Waals surface area contributed by atoms with E-state index in [1.54, 1.807) is 6.07 Å². The maximum Gasteiger partial charge on any atom is 0.162 e. The fraction of sp³-hybridized carbons (Fsp3) is 0.250. The summed E-state index contributed by atoms with van der Waals surface area (Å²) in [6, 6.07) is 8.03. The van der Waals surface area contributed by atoms with E-state index in [1.165, 1.54) is 18.2 Å². The molecule has 0 aromatic heterocycles. The second kappa shape index (κ2) is 5.77. The first kappa shape index (κ1) is 13.9. The normalized spacial score (nSPS) is 14.2. The van der Waals surface area contributed by atoms with Crippen LogP contribution in [0.4, 0.5) is 13.2 Å². The predicted molar refractivity (Wildman–Crippen MR) is 72.7 cm³/mol. The van der Waals surface area contributed by atoms with Crippen LogP contribution in [0.25, 0.3) is 0 Å². The summed E-state index contributed by atoms with van der Waals surface area (Å²) in [5, 5.41) is 3.28. The molecular weight excluding hydrogens is 279 g/mol.